The lowest BCUT2D eigenvalue weighted by molar-refractivity contribution is -0.129. The largest absolute Gasteiger partial charge is 0.449 e. The Morgan fingerprint density at radius 2 is 2.16 bits per heavy atom. The molecule has 1 saturated carbocycles. The molecule has 1 aliphatic carbocycles. The van der Waals surface area contributed by atoms with Gasteiger partial charge >= 0.3 is 5.97 Å². The van der Waals surface area contributed by atoms with E-state index in [-0.39, 0.29) is 23.2 Å². The van der Waals surface area contributed by atoms with Crippen LogP contribution >= 0.6 is 0 Å². The second-order valence-corrected chi connectivity index (χ2v) is 4.56. The summed E-state index contributed by atoms with van der Waals surface area (Å²) in [5.74, 6) is -1.75. The van der Waals surface area contributed by atoms with Gasteiger partial charge in [0, 0.05) is 11.7 Å². The highest BCUT2D eigenvalue weighted by Gasteiger charge is 2.27. The van der Waals surface area contributed by atoms with E-state index in [1.54, 1.807) is 0 Å². The molecule has 1 atom stereocenters. The third-order valence-electron chi connectivity index (χ3n) is 2.81. The van der Waals surface area contributed by atoms with Gasteiger partial charge < -0.3 is 15.8 Å². The molecule has 5 nitrogen and oxygen atoms in total. The Morgan fingerprint density at radius 3 is 2.79 bits per heavy atom. The third kappa shape index (κ3) is 3.43. The molecule has 0 spiro atoms. The maximum atomic E-state index is 13.0. The van der Waals surface area contributed by atoms with Gasteiger partial charge in [0.2, 0.25) is 0 Å². The van der Waals surface area contributed by atoms with Gasteiger partial charge in [-0.3, -0.25) is 4.79 Å². The monoisotopic (exact) mass is 266 g/mol. The number of hydrogen-bond acceptors (Lipinski definition) is 4. The van der Waals surface area contributed by atoms with Gasteiger partial charge in [-0.1, -0.05) is 0 Å². The number of anilines is 1. The number of ether oxygens (including phenoxy) is 1. The van der Waals surface area contributed by atoms with Crippen molar-refractivity contribution < 1.29 is 18.7 Å². The standard InChI is InChI=1S/C13H15FN2O3/c1-7(12(17)16-9-3-4-9)19-13(18)10-6-8(14)2-5-11(10)15/h2,5-7,9H,3-4,15H2,1H3,(H,16,17). The smallest absolute Gasteiger partial charge is 0.341 e. The molecule has 6 heteroatoms. The third-order valence-corrected chi connectivity index (χ3v) is 2.81. The molecule has 0 bridgehead atoms. The normalized spacial score (nSPS) is 15.7. The van der Waals surface area contributed by atoms with Crippen LogP contribution in [0.5, 0.6) is 0 Å². The van der Waals surface area contributed by atoms with Crippen molar-refractivity contribution in [3.63, 3.8) is 0 Å². The highest BCUT2D eigenvalue weighted by molar-refractivity contribution is 5.96. The molecule has 1 aromatic rings. The summed E-state index contributed by atoms with van der Waals surface area (Å²) in [5, 5.41) is 2.71. The van der Waals surface area contributed by atoms with E-state index >= 15 is 0 Å². The summed E-state index contributed by atoms with van der Waals surface area (Å²) in [6.07, 6.45) is 0.961. The lowest BCUT2D eigenvalue weighted by atomic mass is 10.2. The molecular formula is C13H15FN2O3. The SMILES string of the molecule is CC(OC(=O)c1cc(F)ccc1N)C(=O)NC1CC1. The minimum Gasteiger partial charge on any atom is -0.449 e. The van der Waals surface area contributed by atoms with Gasteiger partial charge in [0.1, 0.15) is 5.82 Å². The first-order valence-corrected chi connectivity index (χ1v) is 6.03. The fourth-order valence-electron chi connectivity index (χ4n) is 1.53. The average Bonchev–Trinajstić information content (AvgIpc) is 3.15. The fourth-order valence-corrected chi connectivity index (χ4v) is 1.53. The van der Waals surface area contributed by atoms with Gasteiger partial charge in [0.25, 0.3) is 5.91 Å². The highest BCUT2D eigenvalue weighted by atomic mass is 19.1. The number of halogens is 1. The number of carbonyl (C=O) groups excluding carboxylic acids is 2. The van der Waals surface area contributed by atoms with Crippen LogP contribution in [0.1, 0.15) is 30.1 Å². The minimum absolute atomic E-state index is 0.0777. The van der Waals surface area contributed by atoms with Gasteiger partial charge in [-0.25, -0.2) is 9.18 Å². The maximum absolute atomic E-state index is 13.0. The molecule has 1 aromatic carbocycles. The lowest BCUT2D eigenvalue weighted by Crippen LogP contribution is -2.37. The zero-order valence-corrected chi connectivity index (χ0v) is 10.5. The minimum atomic E-state index is -0.934. The summed E-state index contributed by atoms with van der Waals surface area (Å²) < 4.78 is 18.0. The van der Waals surface area contributed by atoms with E-state index in [0.717, 1.165) is 25.0 Å². The Bertz CT molecular complexity index is 515. The van der Waals surface area contributed by atoms with Crippen LogP contribution in [0.15, 0.2) is 18.2 Å². The van der Waals surface area contributed by atoms with Crippen LogP contribution in [0.2, 0.25) is 0 Å². The van der Waals surface area contributed by atoms with Crippen LogP contribution in [0.25, 0.3) is 0 Å². The average molecular weight is 266 g/mol. The molecule has 0 aliphatic heterocycles. The van der Waals surface area contributed by atoms with Crippen molar-refractivity contribution in [2.75, 3.05) is 5.73 Å². The summed E-state index contributed by atoms with van der Waals surface area (Å²) in [5.41, 5.74) is 5.60. The molecule has 0 heterocycles. The van der Waals surface area contributed by atoms with Gasteiger partial charge in [0.15, 0.2) is 6.10 Å². The van der Waals surface area contributed by atoms with E-state index in [1.165, 1.54) is 13.0 Å². The second kappa shape index (κ2) is 5.26. The lowest BCUT2D eigenvalue weighted by Gasteiger charge is -2.13. The number of nitrogens with one attached hydrogen (secondary N) is 1. The number of nitrogen functional groups attached to an aromatic ring is 1. The van der Waals surface area contributed by atoms with Crippen molar-refractivity contribution in [2.45, 2.75) is 31.9 Å². The van der Waals surface area contributed by atoms with Crippen LogP contribution in [-0.4, -0.2) is 24.0 Å². The molecule has 0 saturated heterocycles. The van der Waals surface area contributed by atoms with E-state index in [4.69, 9.17) is 10.5 Å². The first kappa shape index (κ1) is 13.3. The summed E-state index contributed by atoms with van der Waals surface area (Å²) in [7, 11) is 0. The quantitative estimate of drug-likeness (QED) is 0.634. The summed E-state index contributed by atoms with van der Waals surface area (Å²) in [6.45, 7) is 1.46. The van der Waals surface area contributed by atoms with E-state index in [0.29, 0.717) is 0 Å². The molecule has 1 amide bonds. The topological polar surface area (TPSA) is 81.4 Å². The number of amides is 1. The van der Waals surface area contributed by atoms with Crippen LogP contribution in [0, 0.1) is 5.82 Å². The Labute approximate surface area is 109 Å². The summed E-state index contributed by atoms with van der Waals surface area (Å²) in [6, 6.07) is 3.60. The molecule has 1 fully saturated rings. The number of carbonyl (C=O) groups is 2. The van der Waals surface area contributed by atoms with Crippen molar-refractivity contribution in [1.29, 1.82) is 0 Å². The van der Waals surface area contributed by atoms with Crippen LogP contribution in [-0.2, 0) is 9.53 Å². The maximum Gasteiger partial charge on any atom is 0.341 e. The predicted octanol–water partition coefficient (Wildman–Crippen LogP) is 1.23. The van der Waals surface area contributed by atoms with Crippen LogP contribution < -0.4 is 11.1 Å². The summed E-state index contributed by atoms with van der Waals surface area (Å²) in [4.78, 5) is 23.4. The Balaban J connectivity index is 1.99. The number of rotatable bonds is 4. The molecule has 102 valence electrons. The van der Waals surface area contributed by atoms with Crippen molar-refractivity contribution in [3.8, 4) is 0 Å². The number of nitrogens with two attached hydrogens (primary N) is 1. The molecule has 1 unspecified atom stereocenters. The number of hydrogen-bond donors (Lipinski definition) is 2. The second-order valence-electron chi connectivity index (χ2n) is 4.56. The molecule has 1 aliphatic rings. The molecule has 0 aromatic heterocycles. The van der Waals surface area contributed by atoms with Gasteiger partial charge in [-0.15, -0.1) is 0 Å². The van der Waals surface area contributed by atoms with Crippen molar-refractivity contribution in [3.05, 3.63) is 29.6 Å². The van der Waals surface area contributed by atoms with Crippen molar-refractivity contribution in [2.24, 2.45) is 0 Å². The van der Waals surface area contributed by atoms with E-state index < -0.39 is 17.9 Å². The molecule has 2 rings (SSSR count). The van der Waals surface area contributed by atoms with Crippen molar-refractivity contribution >= 4 is 17.6 Å². The first-order valence-electron chi connectivity index (χ1n) is 6.03. The van der Waals surface area contributed by atoms with E-state index in [9.17, 15) is 14.0 Å². The summed E-state index contributed by atoms with van der Waals surface area (Å²) >= 11 is 0. The molecule has 3 N–H and O–H groups in total. The fraction of sp³-hybridized carbons (Fsp3) is 0.385. The molecular weight excluding hydrogens is 251 g/mol. The van der Waals surface area contributed by atoms with Gasteiger partial charge in [0.05, 0.1) is 5.56 Å². The van der Waals surface area contributed by atoms with E-state index in [1.807, 2.05) is 0 Å². The van der Waals surface area contributed by atoms with Crippen LogP contribution in [0.4, 0.5) is 10.1 Å². The Kier molecular flexibility index (Phi) is 3.69. The first-order chi connectivity index (χ1) is 8.97. The Hall–Kier alpha value is -2.11. The van der Waals surface area contributed by atoms with Crippen molar-refractivity contribution in [1.82, 2.24) is 5.32 Å². The van der Waals surface area contributed by atoms with Crippen LogP contribution in [0.3, 0.4) is 0 Å². The molecule has 0 radical (unpaired) electrons. The number of esters is 1. The van der Waals surface area contributed by atoms with E-state index in [2.05, 4.69) is 5.32 Å². The zero-order valence-electron chi connectivity index (χ0n) is 10.5. The van der Waals surface area contributed by atoms with Gasteiger partial charge in [-0.05, 0) is 38.0 Å². The van der Waals surface area contributed by atoms with Gasteiger partial charge in [-0.2, -0.15) is 0 Å². The predicted molar refractivity (Wildman–Crippen MR) is 66.9 cm³/mol. The molecule has 19 heavy (non-hydrogen) atoms. The Morgan fingerprint density at radius 1 is 1.47 bits per heavy atom. The highest BCUT2D eigenvalue weighted by Crippen LogP contribution is 2.19. The number of benzene rings is 1. The zero-order chi connectivity index (χ0) is 14.0.